The Morgan fingerprint density at radius 1 is 1.04 bits per heavy atom. The molecule has 2 N–H and O–H groups in total. The van der Waals surface area contributed by atoms with Crippen LogP contribution in [0, 0.1) is 0 Å². The maximum atomic E-state index is 6.23. The number of benzene rings is 2. The van der Waals surface area contributed by atoms with E-state index in [0.29, 0.717) is 5.82 Å². The van der Waals surface area contributed by atoms with Crippen molar-refractivity contribution in [3.05, 3.63) is 72.1 Å². The van der Waals surface area contributed by atoms with Gasteiger partial charge < -0.3 is 13.6 Å². The van der Waals surface area contributed by atoms with Crippen molar-refractivity contribution in [3.63, 3.8) is 0 Å². The lowest BCUT2D eigenvalue weighted by Gasteiger charge is -2.16. The first-order chi connectivity index (χ1) is 13.2. The fourth-order valence-electron chi connectivity index (χ4n) is 3.06. The zero-order chi connectivity index (χ0) is 18.8. The number of para-hydroxylation sites is 1. The molecule has 1 aromatic heterocycles. The number of nitrogen functional groups attached to an aromatic ring is 1. The van der Waals surface area contributed by atoms with Crippen molar-refractivity contribution < 1.29 is 4.74 Å². The predicted octanol–water partition coefficient (Wildman–Crippen LogP) is 4.50. The number of aromatic nitrogens is 2. The Labute approximate surface area is 165 Å². The Hall–Kier alpha value is -2.61. The largest absolute Gasteiger partial charge is 0.457 e. The summed E-state index contributed by atoms with van der Waals surface area (Å²) in [7, 11) is 0. The molecule has 0 fully saturated rings. The van der Waals surface area contributed by atoms with Gasteiger partial charge in [0.25, 0.3) is 0 Å². The summed E-state index contributed by atoms with van der Waals surface area (Å²) in [5.41, 5.74) is 8.31. The standard InChI is InChI=1S/C21H21IN4O/c1-3-13-26-21-18(20(23)24-14-25-21)19(22(26)2)15-9-11-17(12-10-15)27-16-7-5-4-6-8-16/h4-12,14H,2-3,13H2,1H3,(H2,23,24,25). The molecule has 138 valence electrons. The molecule has 0 saturated heterocycles. The minimum atomic E-state index is -1.85. The molecule has 0 amide bonds. The summed E-state index contributed by atoms with van der Waals surface area (Å²) in [6, 6.07) is 17.9. The Bertz CT molecular complexity index is 1040. The van der Waals surface area contributed by atoms with Gasteiger partial charge in [-0.25, -0.2) is 9.97 Å². The maximum absolute atomic E-state index is 6.23. The summed E-state index contributed by atoms with van der Waals surface area (Å²) in [4.78, 5) is 8.73. The number of ether oxygens (including phenoxy) is 1. The smallest absolute Gasteiger partial charge is 0.150 e. The molecule has 2 heterocycles. The monoisotopic (exact) mass is 472 g/mol. The van der Waals surface area contributed by atoms with E-state index in [1.54, 1.807) is 6.33 Å². The second-order valence-corrected chi connectivity index (χ2v) is 10.3. The normalized spacial score (nSPS) is 13.7. The molecule has 0 saturated carbocycles. The summed E-state index contributed by atoms with van der Waals surface area (Å²) >= 11 is -1.85. The van der Waals surface area contributed by atoms with E-state index in [0.717, 1.165) is 41.4 Å². The number of hydrogen-bond acceptors (Lipinski definition) is 5. The van der Waals surface area contributed by atoms with Gasteiger partial charge >= 0.3 is 0 Å². The molecule has 0 atom stereocenters. The molecule has 1 aliphatic rings. The van der Waals surface area contributed by atoms with Crippen LogP contribution in [-0.4, -0.2) is 24.5 Å². The van der Waals surface area contributed by atoms with Gasteiger partial charge in [-0.05, 0) is 55.4 Å². The molecule has 0 unspecified atom stereocenters. The van der Waals surface area contributed by atoms with Crippen LogP contribution in [-0.2, 0) is 0 Å². The molecule has 27 heavy (non-hydrogen) atoms. The fraction of sp³-hybridized carbons (Fsp3) is 0.143. The molecular formula is C21H21IN4O. The van der Waals surface area contributed by atoms with E-state index in [9.17, 15) is 0 Å². The Kier molecular flexibility index (Phi) is 4.98. The van der Waals surface area contributed by atoms with Gasteiger partial charge in [0, 0.05) is 10.1 Å². The molecule has 6 heteroatoms. The third kappa shape index (κ3) is 3.37. The fourth-order valence-corrected chi connectivity index (χ4v) is 7.84. The summed E-state index contributed by atoms with van der Waals surface area (Å²) in [6.07, 6.45) is 2.59. The summed E-state index contributed by atoms with van der Waals surface area (Å²) in [5.74, 6) is 3.09. The number of nitrogens with two attached hydrogens (primary N) is 1. The topological polar surface area (TPSA) is 64.3 Å². The number of anilines is 2. The van der Waals surface area contributed by atoms with Crippen molar-refractivity contribution in [1.82, 2.24) is 9.97 Å². The van der Waals surface area contributed by atoms with Crippen LogP contribution in [0.3, 0.4) is 0 Å². The van der Waals surface area contributed by atoms with E-state index in [1.165, 1.54) is 3.51 Å². The Morgan fingerprint density at radius 3 is 2.44 bits per heavy atom. The van der Waals surface area contributed by atoms with E-state index < -0.39 is 19.1 Å². The average molecular weight is 472 g/mol. The van der Waals surface area contributed by atoms with E-state index in [4.69, 9.17) is 10.5 Å². The highest BCUT2D eigenvalue weighted by molar-refractivity contribution is 14.2. The third-order valence-corrected chi connectivity index (χ3v) is 9.03. The van der Waals surface area contributed by atoms with Crippen LogP contribution in [0.2, 0.25) is 0 Å². The van der Waals surface area contributed by atoms with E-state index in [-0.39, 0.29) is 0 Å². The molecule has 2 aromatic carbocycles. The van der Waals surface area contributed by atoms with Gasteiger partial charge in [-0.1, -0.05) is 41.8 Å². The highest BCUT2D eigenvalue weighted by Gasteiger charge is 2.28. The van der Waals surface area contributed by atoms with E-state index in [1.807, 2.05) is 42.5 Å². The molecular weight excluding hydrogens is 451 g/mol. The van der Waals surface area contributed by atoms with Gasteiger partial charge in [0.1, 0.15) is 23.6 Å². The molecule has 0 bridgehead atoms. The number of hydrogen-bond donors (Lipinski definition) is 1. The van der Waals surface area contributed by atoms with Crippen molar-refractivity contribution in [1.29, 1.82) is 0 Å². The van der Waals surface area contributed by atoms with Gasteiger partial charge in [0.2, 0.25) is 0 Å². The van der Waals surface area contributed by atoms with Gasteiger partial charge in [-0.15, -0.1) is 0 Å². The van der Waals surface area contributed by atoms with Crippen LogP contribution in [0.4, 0.5) is 11.6 Å². The molecule has 5 nitrogen and oxygen atoms in total. The van der Waals surface area contributed by atoms with Crippen LogP contribution < -0.4 is 13.6 Å². The molecule has 3 aromatic rings. The van der Waals surface area contributed by atoms with Crippen molar-refractivity contribution in [2.75, 3.05) is 15.4 Å². The number of rotatable bonds is 5. The van der Waals surface area contributed by atoms with E-state index >= 15 is 0 Å². The first-order valence-corrected chi connectivity index (χ1v) is 12.3. The second-order valence-electron chi connectivity index (χ2n) is 6.13. The molecule has 0 spiro atoms. The first kappa shape index (κ1) is 17.8. The van der Waals surface area contributed by atoms with Crippen LogP contribution in [0.15, 0.2) is 60.9 Å². The SMILES string of the molecule is C=I1=C(c2ccc(Oc3ccccc3)cc2)c2c(N)ncnc2N1CCC. The van der Waals surface area contributed by atoms with Gasteiger partial charge in [0.05, 0.1) is 5.56 Å². The zero-order valence-corrected chi connectivity index (χ0v) is 17.3. The lowest BCUT2D eigenvalue weighted by molar-refractivity contribution is 0.482. The summed E-state index contributed by atoms with van der Waals surface area (Å²) < 4.78 is 14.0. The molecule has 0 radical (unpaired) electrons. The molecule has 1 aliphatic heterocycles. The van der Waals surface area contributed by atoms with Crippen LogP contribution in [0.25, 0.3) is 0 Å². The quantitative estimate of drug-likeness (QED) is 0.438. The van der Waals surface area contributed by atoms with Gasteiger partial charge in [0.15, 0.2) is 5.82 Å². The van der Waals surface area contributed by atoms with Crippen LogP contribution in [0.1, 0.15) is 24.5 Å². The third-order valence-electron chi connectivity index (χ3n) is 4.28. The number of halogens is 1. The van der Waals surface area contributed by atoms with Crippen molar-refractivity contribution in [2.45, 2.75) is 13.3 Å². The summed E-state index contributed by atoms with van der Waals surface area (Å²) in [5, 5.41) is 0. The molecule has 4 rings (SSSR count). The Morgan fingerprint density at radius 2 is 1.74 bits per heavy atom. The van der Waals surface area contributed by atoms with Gasteiger partial charge in [-0.3, -0.25) is 0 Å². The number of nitrogens with zero attached hydrogens (tertiary/aromatic N) is 3. The summed E-state index contributed by atoms with van der Waals surface area (Å²) in [6.45, 7) is 3.11. The molecule has 0 aliphatic carbocycles. The average Bonchev–Trinajstić information content (AvgIpc) is 2.97. The van der Waals surface area contributed by atoms with Crippen molar-refractivity contribution in [2.24, 2.45) is 0 Å². The maximum Gasteiger partial charge on any atom is 0.150 e. The number of fused-ring (bicyclic) bond motifs is 1. The van der Waals surface area contributed by atoms with Crippen LogP contribution >= 0.6 is 19.1 Å². The zero-order valence-electron chi connectivity index (χ0n) is 15.1. The van der Waals surface area contributed by atoms with Crippen molar-refractivity contribution in [3.8, 4) is 11.5 Å². The first-order valence-electron chi connectivity index (χ1n) is 8.76. The van der Waals surface area contributed by atoms with Crippen molar-refractivity contribution >= 4 is 38.8 Å². The highest BCUT2D eigenvalue weighted by atomic mass is 127. The lowest BCUT2D eigenvalue weighted by Crippen LogP contribution is -2.13. The highest BCUT2D eigenvalue weighted by Crippen LogP contribution is 2.42. The Balaban J connectivity index is 1.71. The minimum Gasteiger partial charge on any atom is -0.457 e. The van der Waals surface area contributed by atoms with E-state index in [2.05, 4.69) is 36.7 Å². The lowest BCUT2D eigenvalue weighted by atomic mass is 10.1. The second kappa shape index (κ2) is 7.56. The minimum absolute atomic E-state index is 0.532. The predicted molar refractivity (Wildman–Crippen MR) is 121 cm³/mol. The van der Waals surface area contributed by atoms with Gasteiger partial charge in [-0.2, -0.15) is 0 Å². The van der Waals surface area contributed by atoms with Crippen LogP contribution in [0.5, 0.6) is 11.5 Å².